The highest BCUT2D eigenvalue weighted by Crippen LogP contribution is 2.42. The highest BCUT2D eigenvalue weighted by molar-refractivity contribution is 6.12. The molecule has 0 fully saturated rings. The van der Waals surface area contributed by atoms with Gasteiger partial charge in [-0.2, -0.15) is 0 Å². The van der Waals surface area contributed by atoms with Gasteiger partial charge in [0.05, 0.1) is 17.3 Å². The molecule has 0 bridgehead atoms. The fourth-order valence-electron chi connectivity index (χ4n) is 5.54. The molecule has 2 amide bonds. The summed E-state index contributed by atoms with van der Waals surface area (Å²) in [4.78, 5) is 30.8. The standard InChI is InChI=1S/C37H33N3O3/c1-27(29-15-7-3-8-16-29)38-35(41)26-43-32-23-21-30(22-24-32)36-39(25-28-13-5-2-6-14-28)34-20-12-11-19-33(34)37(42)40(36)31-17-9-4-10-18-31/h2-24,27,36H,25-26H2,1H3,(H,38,41)/t27-,36-/m1/s1. The zero-order valence-electron chi connectivity index (χ0n) is 24.0. The molecule has 0 aromatic heterocycles. The van der Waals surface area contributed by atoms with Gasteiger partial charge in [-0.15, -0.1) is 0 Å². The SMILES string of the molecule is C[C@@H](NC(=O)COc1ccc([C@@H]2N(Cc3ccccc3)c3ccccc3C(=O)N2c2ccccc2)cc1)c1ccccc1. The van der Waals surface area contributed by atoms with Crippen LogP contribution in [0, 0.1) is 0 Å². The topological polar surface area (TPSA) is 61.9 Å². The van der Waals surface area contributed by atoms with Crippen LogP contribution in [0.1, 0.15) is 46.2 Å². The van der Waals surface area contributed by atoms with Crippen molar-refractivity contribution in [2.75, 3.05) is 16.4 Å². The number of nitrogens with one attached hydrogen (secondary N) is 1. The van der Waals surface area contributed by atoms with Crippen molar-refractivity contribution in [2.24, 2.45) is 0 Å². The number of anilines is 2. The van der Waals surface area contributed by atoms with Gasteiger partial charge in [0.2, 0.25) is 0 Å². The number of ether oxygens (including phenoxy) is 1. The molecule has 2 atom stereocenters. The van der Waals surface area contributed by atoms with E-state index >= 15 is 0 Å². The molecule has 1 heterocycles. The van der Waals surface area contributed by atoms with Crippen molar-refractivity contribution in [3.05, 3.63) is 162 Å². The summed E-state index contributed by atoms with van der Waals surface area (Å²) in [5.41, 5.74) is 5.46. The van der Waals surface area contributed by atoms with Crippen LogP contribution < -0.4 is 19.9 Å². The third-order valence-electron chi connectivity index (χ3n) is 7.66. The van der Waals surface area contributed by atoms with Gasteiger partial charge in [-0.25, -0.2) is 0 Å². The summed E-state index contributed by atoms with van der Waals surface area (Å²) in [5.74, 6) is 0.328. The Bertz CT molecular complexity index is 1680. The normalized spacial score (nSPS) is 15.0. The second-order valence-electron chi connectivity index (χ2n) is 10.6. The van der Waals surface area contributed by atoms with Crippen molar-refractivity contribution in [2.45, 2.75) is 25.7 Å². The van der Waals surface area contributed by atoms with Crippen LogP contribution in [0.2, 0.25) is 0 Å². The Morgan fingerprint density at radius 3 is 2.07 bits per heavy atom. The van der Waals surface area contributed by atoms with Crippen LogP contribution in [0.15, 0.2) is 140 Å². The van der Waals surface area contributed by atoms with Crippen LogP contribution in [0.3, 0.4) is 0 Å². The summed E-state index contributed by atoms with van der Waals surface area (Å²) in [7, 11) is 0. The molecule has 6 rings (SSSR count). The number of carbonyl (C=O) groups excluding carboxylic acids is 2. The zero-order valence-corrected chi connectivity index (χ0v) is 24.0. The number of hydrogen-bond acceptors (Lipinski definition) is 4. The Hall–Kier alpha value is -5.36. The first kappa shape index (κ1) is 27.8. The monoisotopic (exact) mass is 567 g/mol. The lowest BCUT2D eigenvalue weighted by Gasteiger charge is -2.46. The molecular weight excluding hydrogens is 534 g/mol. The molecule has 1 N–H and O–H groups in total. The van der Waals surface area contributed by atoms with Gasteiger partial charge in [0, 0.05) is 12.2 Å². The minimum Gasteiger partial charge on any atom is -0.484 e. The molecule has 5 aromatic rings. The van der Waals surface area contributed by atoms with Crippen LogP contribution in [-0.4, -0.2) is 18.4 Å². The Morgan fingerprint density at radius 1 is 0.767 bits per heavy atom. The third kappa shape index (κ3) is 6.14. The van der Waals surface area contributed by atoms with Crippen molar-refractivity contribution in [3.63, 3.8) is 0 Å². The number of nitrogens with zero attached hydrogens (tertiary/aromatic N) is 2. The average Bonchev–Trinajstić information content (AvgIpc) is 3.06. The van der Waals surface area contributed by atoms with E-state index in [0.29, 0.717) is 17.9 Å². The van der Waals surface area contributed by atoms with Crippen LogP contribution in [-0.2, 0) is 11.3 Å². The molecule has 0 radical (unpaired) electrons. The van der Waals surface area contributed by atoms with Crippen LogP contribution in [0.5, 0.6) is 5.75 Å². The van der Waals surface area contributed by atoms with Crippen molar-refractivity contribution in [3.8, 4) is 5.75 Å². The number of hydrogen-bond donors (Lipinski definition) is 1. The molecule has 1 aliphatic heterocycles. The summed E-state index contributed by atoms with van der Waals surface area (Å²) in [6.45, 7) is 2.46. The van der Waals surface area contributed by atoms with Gasteiger partial charge in [0.25, 0.3) is 11.8 Å². The van der Waals surface area contributed by atoms with Gasteiger partial charge in [0.1, 0.15) is 11.9 Å². The fraction of sp³-hybridized carbons (Fsp3) is 0.135. The van der Waals surface area contributed by atoms with Crippen LogP contribution in [0.4, 0.5) is 11.4 Å². The second kappa shape index (κ2) is 12.7. The first-order valence-electron chi connectivity index (χ1n) is 14.4. The maximum absolute atomic E-state index is 14.1. The van der Waals surface area contributed by atoms with Gasteiger partial charge >= 0.3 is 0 Å². The molecular formula is C37H33N3O3. The maximum atomic E-state index is 14.1. The van der Waals surface area contributed by atoms with Gasteiger partial charge in [-0.05, 0) is 60.0 Å². The maximum Gasteiger partial charge on any atom is 0.262 e. The van der Waals surface area contributed by atoms with E-state index in [1.807, 2.05) is 139 Å². The first-order chi connectivity index (χ1) is 21.1. The molecule has 6 nitrogen and oxygen atoms in total. The predicted molar refractivity (Wildman–Crippen MR) is 170 cm³/mol. The van der Waals surface area contributed by atoms with Crippen molar-refractivity contribution in [1.29, 1.82) is 0 Å². The Morgan fingerprint density at radius 2 is 1.37 bits per heavy atom. The predicted octanol–water partition coefficient (Wildman–Crippen LogP) is 7.31. The molecule has 5 aromatic carbocycles. The average molecular weight is 568 g/mol. The highest BCUT2D eigenvalue weighted by Gasteiger charge is 2.39. The third-order valence-corrected chi connectivity index (χ3v) is 7.66. The van der Waals surface area contributed by atoms with E-state index in [4.69, 9.17) is 4.74 Å². The molecule has 0 saturated carbocycles. The Balaban J connectivity index is 1.28. The van der Waals surface area contributed by atoms with Crippen molar-refractivity contribution >= 4 is 23.2 Å². The van der Waals surface area contributed by atoms with E-state index in [1.54, 1.807) is 0 Å². The molecule has 0 unspecified atom stereocenters. The van der Waals surface area contributed by atoms with Gasteiger partial charge in [-0.3, -0.25) is 14.5 Å². The zero-order chi connectivity index (χ0) is 29.6. The first-order valence-corrected chi connectivity index (χ1v) is 14.4. The summed E-state index contributed by atoms with van der Waals surface area (Å²) in [6, 6.07) is 45.2. The quantitative estimate of drug-likeness (QED) is 0.203. The molecule has 0 spiro atoms. The Labute approximate surface area is 252 Å². The number of para-hydroxylation sites is 2. The summed E-state index contributed by atoms with van der Waals surface area (Å²) >= 11 is 0. The highest BCUT2D eigenvalue weighted by atomic mass is 16.5. The molecule has 43 heavy (non-hydrogen) atoms. The Kier molecular flexibility index (Phi) is 8.18. The van der Waals surface area contributed by atoms with Crippen molar-refractivity contribution in [1.82, 2.24) is 5.32 Å². The molecule has 0 saturated heterocycles. The van der Waals surface area contributed by atoms with Crippen molar-refractivity contribution < 1.29 is 14.3 Å². The van der Waals surface area contributed by atoms with Crippen LogP contribution in [0.25, 0.3) is 0 Å². The van der Waals surface area contributed by atoms with Gasteiger partial charge in [-0.1, -0.05) is 103 Å². The largest absolute Gasteiger partial charge is 0.484 e. The minimum atomic E-state index is -0.408. The van der Waals surface area contributed by atoms with Gasteiger partial charge in [0.15, 0.2) is 6.61 Å². The number of benzene rings is 5. The lowest BCUT2D eigenvalue weighted by molar-refractivity contribution is -0.123. The summed E-state index contributed by atoms with van der Waals surface area (Å²) < 4.78 is 5.85. The van der Waals surface area contributed by atoms with E-state index in [2.05, 4.69) is 22.3 Å². The minimum absolute atomic E-state index is 0.0550. The number of fused-ring (bicyclic) bond motifs is 1. The number of rotatable bonds is 9. The lowest BCUT2D eigenvalue weighted by atomic mass is 9.99. The molecule has 214 valence electrons. The van der Waals surface area contributed by atoms with E-state index in [9.17, 15) is 9.59 Å². The van der Waals surface area contributed by atoms with Gasteiger partial charge < -0.3 is 15.0 Å². The molecule has 0 aliphatic carbocycles. The van der Waals surface area contributed by atoms with E-state index in [0.717, 1.165) is 28.1 Å². The molecule has 1 aliphatic rings. The number of amides is 2. The smallest absolute Gasteiger partial charge is 0.262 e. The lowest BCUT2D eigenvalue weighted by Crippen LogP contribution is -2.49. The molecule has 6 heteroatoms. The fourth-order valence-corrected chi connectivity index (χ4v) is 5.54. The van der Waals surface area contributed by atoms with Crippen LogP contribution >= 0.6 is 0 Å². The second-order valence-corrected chi connectivity index (χ2v) is 10.6. The van der Waals surface area contributed by atoms with E-state index in [-0.39, 0.29) is 24.5 Å². The summed E-state index contributed by atoms with van der Waals surface area (Å²) in [6.07, 6.45) is -0.408. The number of carbonyl (C=O) groups is 2. The summed E-state index contributed by atoms with van der Waals surface area (Å²) in [5, 5.41) is 2.98. The van der Waals surface area contributed by atoms with E-state index < -0.39 is 6.17 Å². The van der Waals surface area contributed by atoms with E-state index in [1.165, 1.54) is 0 Å².